The van der Waals surface area contributed by atoms with Gasteiger partial charge in [0.1, 0.15) is 0 Å². The number of aromatic nitrogens is 1. The van der Waals surface area contributed by atoms with E-state index in [1.54, 1.807) is 0 Å². The third kappa shape index (κ3) is 3.51. The molecule has 3 nitrogen and oxygen atoms in total. The molecule has 3 atom stereocenters. The molecule has 3 unspecified atom stereocenters. The molecule has 0 radical (unpaired) electrons. The summed E-state index contributed by atoms with van der Waals surface area (Å²) in [4.78, 5) is 7.07. The van der Waals surface area contributed by atoms with Gasteiger partial charge >= 0.3 is 0 Å². The number of nitrogens with one attached hydrogen (secondary N) is 1. The summed E-state index contributed by atoms with van der Waals surface area (Å²) in [7, 11) is 4.22. The van der Waals surface area contributed by atoms with Crippen molar-refractivity contribution in [3.05, 3.63) is 24.0 Å². The highest BCUT2D eigenvalue weighted by Gasteiger charge is 2.22. The zero-order valence-electron chi connectivity index (χ0n) is 13.4. The summed E-state index contributed by atoms with van der Waals surface area (Å²) < 4.78 is 0. The molecular formula is C17H29N3. The van der Waals surface area contributed by atoms with Crippen molar-refractivity contribution in [2.75, 3.05) is 19.0 Å². The summed E-state index contributed by atoms with van der Waals surface area (Å²) in [6, 6.07) is 5.44. The lowest BCUT2D eigenvalue weighted by Crippen LogP contribution is -2.35. The third-order valence-corrected chi connectivity index (χ3v) is 4.75. The fourth-order valence-corrected chi connectivity index (χ4v) is 3.34. The molecule has 0 aromatic carbocycles. The lowest BCUT2D eigenvalue weighted by Gasteiger charge is -2.35. The van der Waals surface area contributed by atoms with Gasteiger partial charge in [0, 0.05) is 19.1 Å². The van der Waals surface area contributed by atoms with Crippen LogP contribution in [-0.4, -0.2) is 25.1 Å². The molecule has 1 aliphatic carbocycles. The predicted octanol–water partition coefficient (Wildman–Crippen LogP) is 3.77. The molecule has 20 heavy (non-hydrogen) atoms. The van der Waals surface area contributed by atoms with Gasteiger partial charge in [0.2, 0.25) is 0 Å². The predicted molar refractivity (Wildman–Crippen MR) is 86.2 cm³/mol. The van der Waals surface area contributed by atoms with Crippen molar-refractivity contribution >= 4 is 5.69 Å². The van der Waals surface area contributed by atoms with Crippen LogP contribution in [0, 0.1) is 5.92 Å². The van der Waals surface area contributed by atoms with Gasteiger partial charge in [-0.15, -0.1) is 0 Å². The summed E-state index contributed by atoms with van der Waals surface area (Å²) in [6.07, 6.45) is 8.48. The molecule has 1 aromatic rings. The van der Waals surface area contributed by atoms with Gasteiger partial charge in [-0.3, -0.25) is 4.98 Å². The van der Waals surface area contributed by atoms with Crippen LogP contribution in [0.1, 0.15) is 57.7 Å². The molecule has 0 amide bonds. The quantitative estimate of drug-likeness (QED) is 0.886. The number of rotatable bonds is 5. The minimum atomic E-state index is 0.365. The fourth-order valence-electron chi connectivity index (χ4n) is 3.34. The van der Waals surface area contributed by atoms with Crippen LogP contribution in [0.3, 0.4) is 0 Å². The molecule has 3 heteroatoms. The van der Waals surface area contributed by atoms with Gasteiger partial charge in [0.25, 0.3) is 0 Å². The van der Waals surface area contributed by atoms with Crippen LogP contribution in [0.4, 0.5) is 5.69 Å². The van der Waals surface area contributed by atoms with Crippen molar-refractivity contribution in [1.29, 1.82) is 0 Å². The number of anilines is 1. The van der Waals surface area contributed by atoms with E-state index in [0.29, 0.717) is 12.1 Å². The minimum Gasteiger partial charge on any atom is -0.370 e. The second kappa shape index (κ2) is 7.07. The molecular weight excluding hydrogens is 246 g/mol. The molecule has 0 saturated heterocycles. The molecule has 112 valence electrons. The summed E-state index contributed by atoms with van der Waals surface area (Å²) in [5.41, 5.74) is 2.39. The Morgan fingerprint density at radius 3 is 2.75 bits per heavy atom. The number of hydrogen-bond acceptors (Lipinski definition) is 3. The molecule has 0 spiro atoms. The van der Waals surface area contributed by atoms with Crippen molar-refractivity contribution in [3.8, 4) is 0 Å². The van der Waals surface area contributed by atoms with E-state index in [1.165, 1.54) is 31.4 Å². The second-order valence-electron chi connectivity index (χ2n) is 6.23. The zero-order valence-corrected chi connectivity index (χ0v) is 13.4. The normalized spacial score (nSPS) is 24.4. The Balaban J connectivity index is 2.05. The number of nitrogens with zero attached hydrogens (tertiary/aromatic N) is 2. The maximum Gasteiger partial charge on any atom is 0.0574 e. The molecule has 1 fully saturated rings. The number of pyridine rings is 1. The lowest BCUT2D eigenvalue weighted by atomic mass is 9.86. The topological polar surface area (TPSA) is 28.2 Å². The summed E-state index contributed by atoms with van der Waals surface area (Å²) >= 11 is 0. The molecule has 1 aliphatic rings. The molecule has 0 aliphatic heterocycles. The molecule has 2 rings (SSSR count). The first kappa shape index (κ1) is 15.3. The molecule has 1 N–H and O–H groups in total. The van der Waals surface area contributed by atoms with Gasteiger partial charge in [0.05, 0.1) is 17.6 Å². The molecule has 1 heterocycles. The first-order valence-corrected chi connectivity index (χ1v) is 8.01. The van der Waals surface area contributed by atoms with E-state index in [-0.39, 0.29) is 0 Å². The monoisotopic (exact) mass is 275 g/mol. The second-order valence-corrected chi connectivity index (χ2v) is 6.23. The Hall–Kier alpha value is -1.09. The van der Waals surface area contributed by atoms with Crippen molar-refractivity contribution in [1.82, 2.24) is 10.3 Å². The van der Waals surface area contributed by atoms with Crippen LogP contribution >= 0.6 is 0 Å². The first-order valence-electron chi connectivity index (χ1n) is 8.01. The average molecular weight is 275 g/mol. The third-order valence-electron chi connectivity index (χ3n) is 4.75. The average Bonchev–Trinajstić information content (AvgIpc) is 2.48. The highest BCUT2D eigenvalue weighted by atomic mass is 15.1. The summed E-state index contributed by atoms with van der Waals surface area (Å²) in [5, 5.41) is 3.31. The Bertz CT molecular complexity index is 397. The van der Waals surface area contributed by atoms with E-state index >= 15 is 0 Å². The Morgan fingerprint density at radius 2 is 2.20 bits per heavy atom. The highest BCUT2D eigenvalue weighted by molar-refractivity contribution is 5.45. The zero-order chi connectivity index (χ0) is 14.5. The van der Waals surface area contributed by atoms with Crippen molar-refractivity contribution in [2.24, 2.45) is 5.92 Å². The van der Waals surface area contributed by atoms with E-state index in [4.69, 9.17) is 0 Å². The lowest BCUT2D eigenvalue weighted by molar-refractivity contribution is 0.336. The van der Waals surface area contributed by atoms with Gasteiger partial charge in [0.15, 0.2) is 0 Å². The van der Waals surface area contributed by atoms with Crippen LogP contribution in [0.25, 0.3) is 0 Å². The van der Waals surface area contributed by atoms with E-state index in [0.717, 1.165) is 18.0 Å². The highest BCUT2D eigenvalue weighted by Crippen LogP contribution is 2.29. The van der Waals surface area contributed by atoms with Crippen molar-refractivity contribution in [3.63, 3.8) is 0 Å². The van der Waals surface area contributed by atoms with Gasteiger partial charge in [-0.2, -0.15) is 0 Å². The number of hydrogen-bond donors (Lipinski definition) is 1. The van der Waals surface area contributed by atoms with Crippen LogP contribution < -0.4 is 10.2 Å². The summed E-state index contributed by atoms with van der Waals surface area (Å²) in [5.74, 6) is 0.859. The van der Waals surface area contributed by atoms with Crippen LogP contribution in [0.2, 0.25) is 0 Å². The van der Waals surface area contributed by atoms with Gasteiger partial charge in [-0.05, 0) is 44.4 Å². The van der Waals surface area contributed by atoms with Crippen LogP contribution in [-0.2, 0) is 0 Å². The Labute approximate surface area is 123 Å². The Kier molecular flexibility index (Phi) is 5.41. The molecule has 0 bridgehead atoms. The minimum absolute atomic E-state index is 0.365. The van der Waals surface area contributed by atoms with Gasteiger partial charge < -0.3 is 10.2 Å². The smallest absolute Gasteiger partial charge is 0.0574 e. The fraction of sp³-hybridized carbons (Fsp3) is 0.706. The maximum atomic E-state index is 4.65. The molecule has 1 aromatic heterocycles. The van der Waals surface area contributed by atoms with Crippen molar-refractivity contribution in [2.45, 2.75) is 58.0 Å². The van der Waals surface area contributed by atoms with Gasteiger partial charge in [-0.1, -0.05) is 26.7 Å². The largest absolute Gasteiger partial charge is 0.370 e. The van der Waals surface area contributed by atoms with E-state index in [2.05, 4.69) is 48.2 Å². The molecule has 1 saturated carbocycles. The van der Waals surface area contributed by atoms with Crippen LogP contribution in [0.5, 0.6) is 0 Å². The SMILES string of the molecule is CCC(NC)c1ccc(N(C)C2CCCC(C)C2)cn1. The summed E-state index contributed by atoms with van der Waals surface area (Å²) in [6.45, 7) is 4.56. The van der Waals surface area contributed by atoms with E-state index < -0.39 is 0 Å². The van der Waals surface area contributed by atoms with E-state index in [1.807, 2.05) is 13.2 Å². The van der Waals surface area contributed by atoms with Gasteiger partial charge in [-0.25, -0.2) is 0 Å². The standard InChI is InChI=1S/C17H29N3/c1-5-16(18-3)17-10-9-15(12-19-17)20(4)14-8-6-7-13(2)11-14/h9-10,12-14,16,18H,5-8,11H2,1-4H3. The van der Waals surface area contributed by atoms with Crippen molar-refractivity contribution < 1.29 is 0 Å². The maximum absolute atomic E-state index is 4.65. The van der Waals surface area contributed by atoms with E-state index in [9.17, 15) is 0 Å². The first-order chi connectivity index (χ1) is 9.65. The Morgan fingerprint density at radius 1 is 1.40 bits per heavy atom. The van der Waals surface area contributed by atoms with Crippen LogP contribution in [0.15, 0.2) is 18.3 Å².